The molecule has 1 aromatic carbocycles. The number of carbonyl (C=O) groups excluding carboxylic acids is 1. The zero-order valence-corrected chi connectivity index (χ0v) is 11.8. The summed E-state index contributed by atoms with van der Waals surface area (Å²) in [5, 5.41) is 10.7. The van der Waals surface area contributed by atoms with Crippen molar-refractivity contribution >= 4 is 5.91 Å². The Morgan fingerprint density at radius 3 is 2.41 bits per heavy atom. The van der Waals surface area contributed by atoms with E-state index in [1.54, 1.807) is 4.90 Å². The Morgan fingerprint density at radius 2 is 1.86 bits per heavy atom. The van der Waals surface area contributed by atoms with Crippen LogP contribution in [0.25, 0.3) is 0 Å². The highest BCUT2D eigenvalue weighted by Crippen LogP contribution is 2.41. The van der Waals surface area contributed by atoms with Gasteiger partial charge in [0.1, 0.15) is 0 Å². The molecule has 120 valence electrons. The first kappa shape index (κ1) is 15.3. The van der Waals surface area contributed by atoms with E-state index in [0.717, 1.165) is 6.07 Å². The lowest BCUT2D eigenvalue weighted by Crippen LogP contribution is -2.47. The Bertz CT molecular complexity index is 576. The van der Waals surface area contributed by atoms with E-state index in [2.05, 4.69) is 0 Å². The second kappa shape index (κ2) is 5.24. The summed E-state index contributed by atoms with van der Waals surface area (Å²) in [4.78, 5) is 13.4. The van der Waals surface area contributed by atoms with Crippen LogP contribution in [-0.4, -0.2) is 41.7 Å². The number of piperidine rings is 1. The Morgan fingerprint density at radius 1 is 1.27 bits per heavy atom. The molecule has 1 amide bonds. The zero-order valence-electron chi connectivity index (χ0n) is 11.8. The number of aliphatic hydroxyl groups is 1. The van der Waals surface area contributed by atoms with Crippen LogP contribution < -0.4 is 0 Å². The van der Waals surface area contributed by atoms with Gasteiger partial charge in [0, 0.05) is 13.1 Å². The predicted molar refractivity (Wildman–Crippen MR) is 70.9 cm³/mol. The third-order valence-electron chi connectivity index (χ3n) is 4.24. The standard InChI is InChI=1S/C15H16F3NO3/c16-15(17,18)11-4-2-1-3-10(11)14(21)5-7-19(8-6-14)13(20)12-9-22-12/h1-4,12,21H,5-9H2. The summed E-state index contributed by atoms with van der Waals surface area (Å²) >= 11 is 0. The summed E-state index contributed by atoms with van der Waals surface area (Å²) in [5.74, 6) is -0.147. The molecule has 2 heterocycles. The molecule has 1 atom stereocenters. The van der Waals surface area contributed by atoms with Gasteiger partial charge in [0.05, 0.1) is 17.8 Å². The van der Waals surface area contributed by atoms with Gasteiger partial charge in [0.25, 0.3) is 5.91 Å². The molecular formula is C15H16F3NO3. The summed E-state index contributed by atoms with van der Waals surface area (Å²) in [7, 11) is 0. The summed E-state index contributed by atoms with van der Waals surface area (Å²) in [6.45, 7) is 0.847. The van der Waals surface area contributed by atoms with Crippen LogP contribution >= 0.6 is 0 Å². The fraction of sp³-hybridized carbons (Fsp3) is 0.533. The van der Waals surface area contributed by atoms with Crippen LogP contribution in [0.4, 0.5) is 13.2 Å². The summed E-state index contributed by atoms with van der Waals surface area (Å²) in [6.07, 6.45) is -4.76. The van der Waals surface area contributed by atoms with E-state index in [1.807, 2.05) is 0 Å². The van der Waals surface area contributed by atoms with E-state index in [-0.39, 0.29) is 37.4 Å². The second-order valence-electron chi connectivity index (χ2n) is 5.72. The van der Waals surface area contributed by atoms with Crippen LogP contribution in [-0.2, 0) is 21.3 Å². The first-order valence-electron chi connectivity index (χ1n) is 7.11. The highest BCUT2D eigenvalue weighted by molar-refractivity contribution is 5.83. The number of ether oxygens (including phenoxy) is 1. The monoisotopic (exact) mass is 315 g/mol. The number of hydrogen-bond donors (Lipinski definition) is 1. The van der Waals surface area contributed by atoms with Gasteiger partial charge in [-0.15, -0.1) is 0 Å². The van der Waals surface area contributed by atoms with Crippen molar-refractivity contribution in [3.63, 3.8) is 0 Å². The van der Waals surface area contributed by atoms with Crippen molar-refractivity contribution < 1.29 is 27.8 Å². The molecule has 22 heavy (non-hydrogen) atoms. The lowest BCUT2D eigenvalue weighted by atomic mass is 9.81. The van der Waals surface area contributed by atoms with Gasteiger partial charge >= 0.3 is 6.18 Å². The van der Waals surface area contributed by atoms with Crippen LogP contribution in [0.15, 0.2) is 24.3 Å². The minimum Gasteiger partial charge on any atom is -0.385 e. The number of nitrogens with zero attached hydrogens (tertiary/aromatic N) is 1. The molecule has 0 aromatic heterocycles. The molecule has 1 aromatic rings. The molecule has 2 fully saturated rings. The highest BCUT2D eigenvalue weighted by Gasteiger charge is 2.44. The van der Waals surface area contributed by atoms with Crippen molar-refractivity contribution in [1.29, 1.82) is 0 Å². The van der Waals surface area contributed by atoms with E-state index in [4.69, 9.17) is 4.74 Å². The molecule has 0 bridgehead atoms. The highest BCUT2D eigenvalue weighted by atomic mass is 19.4. The molecule has 0 spiro atoms. The van der Waals surface area contributed by atoms with Crippen LogP contribution in [0.1, 0.15) is 24.0 Å². The number of likely N-dealkylation sites (tertiary alicyclic amines) is 1. The minimum atomic E-state index is -4.51. The predicted octanol–water partition coefficient (Wildman–Crippen LogP) is 1.91. The Labute approximate surface area is 125 Å². The molecule has 0 saturated carbocycles. The number of hydrogen-bond acceptors (Lipinski definition) is 3. The Hall–Kier alpha value is -1.60. The topological polar surface area (TPSA) is 53.1 Å². The van der Waals surface area contributed by atoms with Gasteiger partial charge in [-0.1, -0.05) is 18.2 Å². The number of halogens is 3. The van der Waals surface area contributed by atoms with Crippen molar-refractivity contribution in [3.8, 4) is 0 Å². The molecule has 7 heteroatoms. The Balaban J connectivity index is 1.79. The lowest BCUT2D eigenvalue weighted by molar-refractivity contribution is -0.144. The van der Waals surface area contributed by atoms with Crippen molar-refractivity contribution in [2.75, 3.05) is 19.7 Å². The van der Waals surface area contributed by atoms with Crippen LogP contribution in [0, 0.1) is 0 Å². The summed E-state index contributed by atoms with van der Waals surface area (Å²) in [6, 6.07) is 5.07. The van der Waals surface area contributed by atoms with Gasteiger partial charge in [-0.05, 0) is 24.5 Å². The van der Waals surface area contributed by atoms with Gasteiger partial charge in [0.2, 0.25) is 0 Å². The molecular weight excluding hydrogens is 299 g/mol. The van der Waals surface area contributed by atoms with Crippen molar-refractivity contribution in [1.82, 2.24) is 4.90 Å². The normalized spacial score (nSPS) is 24.2. The molecule has 0 aliphatic carbocycles. The van der Waals surface area contributed by atoms with Crippen LogP contribution in [0.2, 0.25) is 0 Å². The molecule has 0 radical (unpaired) electrons. The van der Waals surface area contributed by atoms with E-state index < -0.39 is 23.4 Å². The molecule has 2 aliphatic rings. The molecule has 2 aliphatic heterocycles. The molecule has 1 unspecified atom stereocenters. The van der Waals surface area contributed by atoms with Crippen molar-refractivity contribution in [2.24, 2.45) is 0 Å². The number of benzene rings is 1. The summed E-state index contributed by atoms with van der Waals surface area (Å²) in [5.41, 5.74) is -2.49. The fourth-order valence-electron chi connectivity index (χ4n) is 2.90. The zero-order chi connectivity index (χ0) is 16.0. The maximum absolute atomic E-state index is 13.1. The average molecular weight is 315 g/mol. The average Bonchev–Trinajstić information content (AvgIpc) is 3.31. The number of rotatable bonds is 2. The van der Waals surface area contributed by atoms with Crippen molar-refractivity contribution in [2.45, 2.75) is 30.7 Å². The van der Waals surface area contributed by atoms with Gasteiger partial charge in [-0.25, -0.2) is 0 Å². The van der Waals surface area contributed by atoms with Crippen molar-refractivity contribution in [3.05, 3.63) is 35.4 Å². The number of alkyl halides is 3. The number of amides is 1. The first-order valence-corrected chi connectivity index (χ1v) is 7.11. The smallest absolute Gasteiger partial charge is 0.385 e. The van der Waals surface area contributed by atoms with Gasteiger partial charge in [0.15, 0.2) is 6.10 Å². The maximum atomic E-state index is 13.1. The quantitative estimate of drug-likeness (QED) is 0.848. The van der Waals surface area contributed by atoms with Crippen LogP contribution in [0.3, 0.4) is 0 Å². The number of carbonyl (C=O) groups is 1. The van der Waals surface area contributed by atoms with E-state index in [1.165, 1.54) is 18.2 Å². The van der Waals surface area contributed by atoms with Gasteiger partial charge < -0.3 is 14.7 Å². The molecule has 2 saturated heterocycles. The maximum Gasteiger partial charge on any atom is 0.416 e. The van der Waals surface area contributed by atoms with Gasteiger partial charge in [-0.2, -0.15) is 13.2 Å². The van der Waals surface area contributed by atoms with E-state index >= 15 is 0 Å². The third-order valence-corrected chi connectivity index (χ3v) is 4.24. The van der Waals surface area contributed by atoms with Crippen LogP contribution in [0.5, 0.6) is 0 Å². The third kappa shape index (κ3) is 2.83. The summed E-state index contributed by atoms with van der Waals surface area (Å²) < 4.78 is 44.2. The largest absolute Gasteiger partial charge is 0.416 e. The molecule has 4 nitrogen and oxygen atoms in total. The molecule has 3 rings (SSSR count). The minimum absolute atomic E-state index is 0.0819. The van der Waals surface area contributed by atoms with E-state index in [9.17, 15) is 23.1 Å². The second-order valence-corrected chi connectivity index (χ2v) is 5.72. The lowest BCUT2D eigenvalue weighted by Gasteiger charge is -2.39. The fourth-order valence-corrected chi connectivity index (χ4v) is 2.90. The first-order chi connectivity index (χ1) is 10.3. The van der Waals surface area contributed by atoms with E-state index in [0.29, 0.717) is 6.61 Å². The van der Waals surface area contributed by atoms with Gasteiger partial charge in [-0.3, -0.25) is 4.79 Å². The molecule has 1 N–H and O–H groups in total. The number of epoxide rings is 1. The Kier molecular flexibility index (Phi) is 3.65. The SMILES string of the molecule is O=C(C1CO1)N1CCC(O)(c2ccccc2C(F)(F)F)CC1.